The second-order valence-corrected chi connectivity index (χ2v) is 4.87. The molecule has 1 N–H and O–H groups in total. The normalized spacial score (nSPS) is 15.4. The van der Waals surface area contributed by atoms with Gasteiger partial charge in [-0.25, -0.2) is 0 Å². The summed E-state index contributed by atoms with van der Waals surface area (Å²) >= 11 is 0. The number of hydrogen-bond acceptors (Lipinski definition) is 4. The van der Waals surface area contributed by atoms with Crippen LogP contribution in [0.5, 0.6) is 5.75 Å². The second-order valence-electron chi connectivity index (χ2n) is 4.87. The van der Waals surface area contributed by atoms with Gasteiger partial charge >= 0.3 is 5.97 Å². The lowest BCUT2D eigenvalue weighted by Crippen LogP contribution is -2.32. The number of nitrogens with one attached hydrogen (secondary N) is 1. The average Bonchev–Trinajstić information content (AvgIpc) is 2.96. The minimum Gasteiger partial charge on any atom is -0.497 e. The van der Waals surface area contributed by atoms with Gasteiger partial charge in [-0.15, -0.1) is 0 Å². The van der Waals surface area contributed by atoms with Gasteiger partial charge in [0, 0.05) is 6.04 Å². The first-order valence-electron chi connectivity index (χ1n) is 6.80. The number of ether oxygens (including phenoxy) is 2. The summed E-state index contributed by atoms with van der Waals surface area (Å²) in [7, 11) is 1.62. The van der Waals surface area contributed by atoms with Crippen LogP contribution in [0.25, 0.3) is 0 Å². The SMILES string of the molecule is COc1cccc(COC(=O)CNC2CCCC2)c1. The van der Waals surface area contributed by atoms with Crippen molar-refractivity contribution in [3.8, 4) is 5.75 Å². The number of carbonyl (C=O) groups is 1. The molecule has 0 atom stereocenters. The van der Waals surface area contributed by atoms with Gasteiger partial charge in [-0.1, -0.05) is 25.0 Å². The first kappa shape index (κ1) is 13.9. The summed E-state index contributed by atoms with van der Waals surface area (Å²) in [5.74, 6) is 0.576. The summed E-state index contributed by atoms with van der Waals surface area (Å²) < 4.78 is 10.4. The summed E-state index contributed by atoms with van der Waals surface area (Å²) in [6.07, 6.45) is 4.86. The number of esters is 1. The molecule has 1 saturated carbocycles. The fraction of sp³-hybridized carbons (Fsp3) is 0.533. The molecule has 0 heterocycles. The van der Waals surface area contributed by atoms with Crippen LogP contribution >= 0.6 is 0 Å². The molecule has 19 heavy (non-hydrogen) atoms. The monoisotopic (exact) mass is 263 g/mol. The van der Waals surface area contributed by atoms with Crippen LogP contribution in [-0.2, 0) is 16.1 Å². The van der Waals surface area contributed by atoms with E-state index in [1.54, 1.807) is 7.11 Å². The van der Waals surface area contributed by atoms with E-state index in [-0.39, 0.29) is 5.97 Å². The Labute approximate surface area is 114 Å². The van der Waals surface area contributed by atoms with Crippen molar-refractivity contribution in [3.05, 3.63) is 29.8 Å². The van der Waals surface area contributed by atoms with Crippen molar-refractivity contribution in [1.82, 2.24) is 5.32 Å². The highest BCUT2D eigenvalue weighted by Gasteiger charge is 2.15. The standard InChI is InChI=1S/C15H21NO3/c1-18-14-8-4-5-12(9-14)11-19-15(17)10-16-13-6-2-3-7-13/h4-5,8-9,13,16H,2-3,6-7,10-11H2,1H3. The first-order chi connectivity index (χ1) is 9.28. The van der Waals surface area contributed by atoms with Gasteiger partial charge in [0.2, 0.25) is 0 Å². The molecular weight excluding hydrogens is 242 g/mol. The third kappa shape index (κ3) is 4.56. The molecule has 1 aromatic carbocycles. The van der Waals surface area contributed by atoms with Gasteiger partial charge in [0.25, 0.3) is 0 Å². The number of rotatable bonds is 6. The highest BCUT2D eigenvalue weighted by Crippen LogP contribution is 2.17. The molecule has 1 aromatic rings. The summed E-state index contributed by atoms with van der Waals surface area (Å²) in [4.78, 5) is 11.6. The average molecular weight is 263 g/mol. The topological polar surface area (TPSA) is 47.6 Å². The van der Waals surface area contributed by atoms with E-state index < -0.39 is 0 Å². The largest absolute Gasteiger partial charge is 0.497 e. The van der Waals surface area contributed by atoms with Crippen molar-refractivity contribution in [3.63, 3.8) is 0 Å². The van der Waals surface area contributed by atoms with E-state index in [4.69, 9.17) is 9.47 Å². The first-order valence-corrected chi connectivity index (χ1v) is 6.80. The number of carbonyl (C=O) groups excluding carboxylic acids is 1. The molecule has 4 nitrogen and oxygen atoms in total. The highest BCUT2D eigenvalue weighted by molar-refractivity contribution is 5.71. The lowest BCUT2D eigenvalue weighted by atomic mass is 10.2. The molecule has 0 radical (unpaired) electrons. The third-order valence-corrected chi connectivity index (χ3v) is 3.42. The van der Waals surface area contributed by atoms with E-state index in [1.165, 1.54) is 25.7 Å². The zero-order valence-corrected chi connectivity index (χ0v) is 11.4. The van der Waals surface area contributed by atoms with Crippen LogP contribution in [0.2, 0.25) is 0 Å². The second kappa shape index (κ2) is 7.14. The Morgan fingerprint density at radius 3 is 2.89 bits per heavy atom. The van der Waals surface area contributed by atoms with Crippen molar-refractivity contribution < 1.29 is 14.3 Å². The summed E-state index contributed by atoms with van der Waals surface area (Å²) in [6.45, 7) is 0.594. The van der Waals surface area contributed by atoms with Crippen LogP contribution in [0.15, 0.2) is 24.3 Å². The van der Waals surface area contributed by atoms with Crippen LogP contribution in [0.4, 0.5) is 0 Å². The van der Waals surface area contributed by atoms with Crippen LogP contribution in [-0.4, -0.2) is 25.7 Å². The molecule has 1 fully saturated rings. The maximum absolute atomic E-state index is 11.6. The van der Waals surface area contributed by atoms with Crippen molar-refractivity contribution in [2.24, 2.45) is 0 Å². The molecule has 0 aliphatic heterocycles. The Morgan fingerprint density at radius 1 is 1.37 bits per heavy atom. The zero-order valence-electron chi connectivity index (χ0n) is 11.4. The molecule has 4 heteroatoms. The highest BCUT2D eigenvalue weighted by atomic mass is 16.5. The number of benzene rings is 1. The third-order valence-electron chi connectivity index (χ3n) is 3.42. The minimum atomic E-state index is -0.199. The fourth-order valence-electron chi connectivity index (χ4n) is 2.33. The van der Waals surface area contributed by atoms with E-state index in [2.05, 4.69) is 5.32 Å². The molecular formula is C15H21NO3. The molecule has 1 aliphatic rings. The van der Waals surface area contributed by atoms with Gasteiger partial charge in [0.1, 0.15) is 12.4 Å². The smallest absolute Gasteiger partial charge is 0.320 e. The summed E-state index contributed by atoms with van der Waals surface area (Å²) in [5, 5.41) is 3.24. The fourth-order valence-corrected chi connectivity index (χ4v) is 2.33. The maximum Gasteiger partial charge on any atom is 0.320 e. The van der Waals surface area contributed by atoms with Gasteiger partial charge in [-0.05, 0) is 30.5 Å². The lowest BCUT2D eigenvalue weighted by molar-refractivity contribution is -0.144. The van der Waals surface area contributed by atoms with E-state index in [0.29, 0.717) is 19.2 Å². The van der Waals surface area contributed by atoms with E-state index >= 15 is 0 Å². The predicted molar refractivity (Wildman–Crippen MR) is 73.0 cm³/mol. The van der Waals surface area contributed by atoms with Crippen LogP contribution in [0.1, 0.15) is 31.2 Å². The quantitative estimate of drug-likeness (QED) is 0.800. The molecule has 0 amide bonds. The molecule has 1 aliphatic carbocycles. The zero-order chi connectivity index (χ0) is 13.5. The van der Waals surface area contributed by atoms with Crippen LogP contribution < -0.4 is 10.1 Å². The van der Waals surface area contributed by atoms with E-state index in [1.807, 2.05) is 24.3 Å². The number of hydrogen-bond donors (Lipinski definition) is 1. The Balaban J connectivity index is 1.70. The molecule has 0 unspecified atom stereocenters. The van der Waals surface area contributed by atoms with E-state index in [9.17, 15) is 4.79 Å². The van der Waals surface area contributed by atoms with Gasteiger partial charge in [0.05, 0.1) is 13.7 Å². The van der Waals surface area contributed by atoms with Crippen molar-refractivity contribution in [2.45, 2.75) is 38.3 Å². The van der Waals surface area contributed by atoms with Crippen LogP contribution in [0.3, 0.4) is 0 Å². The van der Waals surface area contributed by atoms with Gasteiger partial charge in [-0.2, -0.15) is 0 Å². The molecule has 104 valence electrons. The van der Waals surface area contributed by atoms with Crippen LogP contribution in [0, 0.1) is 0 Å². The molecule has 0 aromatic heterocycles. The van der Waals surface area contributed by atoms with Crippen molar-refractivity contribution >= 4 is 5.97 Å². The Morgan fingerprint density at radius 2 is 2.16 bits per heavy atom. The summed E-state index contributed by atoms with van der Waals surface area (Å²) in [6, 6.07) is 8.04. The molecule has 2 rings (SSSR count). The predicted octanol–water partition coefficient (Wildman–Crippen LogP) is 2.27. The maximum atomic E-state index is 11.6. The summed E-state index contributed by atoms with van der Waals surface area (Å²) in [5.41, 5.74) is 0.938. The Hall–Kier alpha value is -1.55. The molecule has 0 bridgehead atoms. The van der Waals surface area contributed by atoms with Crippen molar-refractivity contribution in [1.29, 1.82) is 0 Å². The van der Waals surface area contributed by atoms with Crippen molar-refractivity contribution in [2.75, 3.05) is 13.7 Å². The number of methoxy groups -OCH3 is 1. The molecule has 0 spiro atoms. The lowest BCUT2D eigenvalue weighted by Gasteiger charge is -2.11. The van der Waals surface area contributed by atoms with Gasteiger partial charge in [-0.3, -0.25) is 4.79 Å². The Kier molecular flexibility index (Phi) is 5.21. The van der Waals surface area contributed by atoms with Gasteiger partial charge < -0.3 is 14.8 Å². The van der Waals surface area contributed by atoms with E-state index in [0.717, 1.165) is 11.3 Å². The Bertz CT molecular complexity index is 414. The minimum absolute atomic E-state index is 0.199. The molecule has 0 saturated heterocycles. The van der Waals surface area contributed by atoms with Gasteiger partial charge in [0.15, 0.2) is 0 Å².